The quantitative estimate of drug-likeness (QED) is 0.210. The van der Waals surface area contributed by atoms with Crippen LogP contribution in [0.1, 0.15) is 16.4 Å². The van der Waals surface area contributed by atoms with E-state index in [1.165, 1.54) is 11.8 Å². The van der Waals surface area contributed by atoms with Crippen molar-refractivity contribution >= 4 is 51.5 Å². The van der Waals surface area contributed by atoms with Crippen LogP contribution in [0.4, 0.5) is 0 Å². The third-order valence-corrected chi connectivity index (χ3v) is 6.45. The molecular weight excluding hydrogens is 437 g/mol. The Bertz CT molecular complexity index is 1190. The van der Waals surface area contributed by atoms with Gasteiger partial charge < -0.3 is 0 Å². The Morgan fingerprint density at radius 1 is 0.900 bits per heavy atom. The zero-order chi connectivity index (χ0) is 21.1. The average molecular weight is 455 g/mol. The molecule has 6 heteroatoms. The van der Waals surface area contributed by atoms with Crippen molar-refractivity contribution < 1.29 is 14.7 Å². The first-order valence-corrected chi connectivity index (χ1v) is 11.0. The molecule has 150 valence electrons. The third-order valence-electron chi connectivity index (χ3n) is 4.70. The molecule has 0 aliphatic rings. The van der Waals surface area contributed by atoms with Crippen LogP contribution in [-0.2, 0) is 11.2 Å². The van der Waals surface area contributed by atoms with Crippen molar-refractivity contribution in [3.63, 3.8) is 0 Å². The minimum Gasteiger partial charge on any atom is -0.298 e. The summed E-state index contributed by atoms with van der Waals surface area (Å²) in [5, 5.41) is 13.5. The van der Waals surface area contributed by atoms with Gasteiger partial charge in [-0.2, -0.15) is 0 Å². The fraction of sp³-hybridized carbons (Fsp3) is 0.0833. The Balaban J connectivity index is 1.68. The molecule has 1 atom stereocenters. The van der Waals surface area contributed by atoms with Crippen molar-refractivity contribution in [1.82, 2.24) is 0 Å². The zero-order valence-corrected chi connectivity index (χ0v) is 18.2. The summed E-state index contributed by atoms with van der Waals surface area (Å²) in [5.41, 5.74) is 1.63. The molecule has 3 nitrogen and oxygen atoms in total. The number of benzene rings is 3. The van der Waals surface area contributed by atoms with Crippen molar-refractivity contribution in [2.24, 2.45) is 0 Å². The van der Waals surface area contributed by atoms with Gasteiger partial charge in [0.15, 0.2) is 5.78 Å². The van der Waals surface area contributed by atoms with E-state index in [2.05, 4.69) is 0 Å². The summed E-state index contributed by atoms with van der Waals surface area (Å²) in [6.45, 7) is 0. The summed E-state index contributed by atoms with van der Waals surface area (Å²) in [7, 11) is 0. The lowest BCUT2D eigenvalue weighted by molar-refractivity contribution is -0.931. The molecule has 0 radical (unpaired) electrons. The molecule has 4 aromatic rings. The van der Waals surface area contributed by atoms with E-state index in [4.69, 9.17) is 23.2 Å². The highest BCUT2D eigenvalue weighted by Gasteiger charge is 2.27. The molecule has 0 bridgehead atoms. The lowest BCUT2D eigenvalue weighted by Crippen LogP contribution is -2.32. The molecule has 0 aliphatic heterocycles. The lowest BCUT2D eigenvalue weighted by atomic mass is 10.0. The number of thioether (sulfide) groups is 1. The topological polar surface area (TPSA) is 41.2 Å². The number of halogens is 2. The van der Waals surface area contributed by atoms with Gasteiger partial charge in [0.25, 0.3) is 5.03 Å². The molecule has 0 saturated heterocycles. The lowest BCUT2D eigenvalue weighted by Gasteiger charge is -2.15. The van der Waals surface area contributed by atoms with Crippen LogP contribution in [0.3, 0.4) is 0 Å². The molecule has 3 aromatic carbocycles. The Hall–Kier alpha value is -2.53. The number of rotatable bonds is 6. The smallest absolute Gasteiger partial charge is 0.292 e. The maximum atomic E-state index is 13.3. The van der Waals surface area contributed by atoms with E-state index >= 15 is 0 Å². The van der Waals surface area contributed by atoms with Crippen LogP contribution in [0.2, 0.25) is 10.0 Å². The van der Waals surface area contributed by atoms with Crippen molar-refractivity contribution in [2.45, 2.75) is 16.7 Å². The zero-order valence-electron chi connectivity index (χ0n) is 15.8. The van der Waals surface area contributed by atoms with E-state index in [1.807, 2.05) is 60.7 Å². The number of nitrogens with zero attached hydrogens (tertiary/aromatic N) is 1. The first-order valence-electron chi connectivity index (χ1n) is 9.32. The van der Waals surface area contributed by atoms with Gasteiger partial charge in [-0.15, -0.1) is 0 Å². The maximum absolute atomic E-state index is 13.3. The molecule has 30 heavy (non-hydrogen) atoms. The largest absolute Gasteiger partial charge is 0.298 e. The van der Waals surface area contributed by atoms with E-state index in [1.54, 1.807) is 24.4 Å². The third kappa shape index (κ3) is 4.78. The normalized spacial score (nSPS) is 12.1. The van der Waals surface area contributed by atoms with Crippen LogP contribution in [0, 0.1) is 0 Å². The number of aromatic nitrogens is 1. The van der Waals surface area contributed by atoms with Gasteiger partial charge in [-0.1, -0.05) is 71.7 Å². The van der Waals surface area contributed by atoms with E-state index in [9.17, 15) is 10.0 Å². The number of hydrogen-bond acceptors (Lipinski definition) is 3. The van der Waals surface area contributed by atoms with Gasteiger partial charge in [-0.25, -0.2) is 0 Å². The molecular formula is C24H18Cl2NO2S+. The van der Waals surface area contributed by atoms with Gasteiger partial charge in [-0.05, 0) is 52.5 Å². The molecule has 0 amide bonds. The van der Waals surface area contributed by atoms with Gasteiger partial charge >= 0.3 is 0 Å². The Labute approximate surface area is 188 Å². The fourth-order valence-electron chi connectivity index (χ4n) is 3.32. The summed E-state index contributed by atoms with van der Waals surface area (Å²) in [5.74, 6) is -0.00214. The number of hydrogen-bond donors (Lipinski definition) is 1. The first-order chi connectivity index (χ1) is 14.5. The second-order valence-corrected chi connectivity index (χ2v) is 8.91. The molecule has 1 unspecified atom stereocenters. The van der Waals surface area contributed by atoms with Gasteiger partial charge in [-0.3, -0.25) is 10.0 Å². The van der Waals surface area contributed by atoms with Crippen molar-refractivity contribution in [3.05, 3.63) is 106 Å². The van der Waals surface area contributed by atoms with Gasteiger partial charge in [0.2, 0.25) is 6.20 Å². The van der Waals surface area contributed by atoms with Crippen LogP contribution in [-0.4, -0.2) is 11.0 Å². The predicted octanol–water partition coefficient (Wildman–Crippen LogP) is 6.32. The van der Waals surface area contributed by atoms with Gasteiger partial charge in [0.1, 0.15) is 0 Å². The summed E-state index contributed by atoms with van der Waals surface area (Å²) in [6, 6.07) is 24.4. The van der Waals surface area contributed by atoms with E-state index in [0.717, 1.165) is 26.6 Å². The second kappa shape index (κ2) is 9.09. The highest BCUT2D eigenvalue weighted by atomic mass is 35.5. The number of fused-ring (bicyclic) bond motifs is 1. The monoisotopic (exact) mass is 454 g/mol. The summed E-state index contributed by atoms with van der Waals surface area (Å²) in [6.07, 6.45) is 1.84. The molecule has 0 fully saturated rings. The molecule has 1 aromatic heterocycles. The summed E-state index contributed by atoms with van der Waals surface area (Å²) < 4.78 is 1.08. The predicted molar refractivity (Wildman–Crippen MR) is 122 cm³/mol. The molecule has 0 spiro atoms. The number of pyridine rings is 1. The molecule has 4 rings (SSSR count). The molecule has 0 aliphatic carbocycles. The Morgan fingerprint density at radius 2 is 1.53 bits per heavy atom. The fourth-order valence-corrected chi connectivity index (χ4v) is 4.99. The van der Waals surface area contributed by atoms with Crippen LogP contribution in [0.25, 0.3) is 10.8 Å². The van der Waals surface area contributed by atoms with Crippen molar-refractivity contribution in [1.29, 1.82) is 0 Å². The van der Waals surface area contributed by atoms with Crippen LogP contribution in [0.15, 0.2) is 90.1 Å². The Kier molecular flexibility index (Phi) is 6.28. The number of Topliss-reactive ketones (excluding diaryl/α,β-unsaturated/α-hetero) is 1. The standard InChI is InChI=1S/C24H18Cl2NO2S/c25-20-10-16(11-21(26)14-20)12-22(28)24(17-6-2-1-3-7-17)30-23-13-18-8-4-5-9-19(18)15-27(23)29/h1-11,13-15,24,29H,12H2/q+1. The van der Waals surface area contributed by atoms with Gasteiger partial charge in [0, 0.05) is 27.3 Å². The molecule has 0 saturated carbocycles. The van der Waals surface area contributed by atoms with Crippen LogP contribution >= 0.6 is 35.0 Å². The molecule has 1 heterocycles. The molecule has 1 N–H and O–H groups in total. The average Bonchev–Trinajstić information content (AvgIpc) is 2.72. The highest BCUT2D eigenvalue weighted by Crippen LogP contribution is 2.36. The SMILES string of the molecule is O=C(Cc1cc(Cl)cc(Cl)c1)C(Sc1cc2ccccc2c[n+]1O)c1ccccc1. The highest BCUT2D eigenvalue weighted by molar-refractivity contribution is 8.00. The Morgan fingerprint density at radius 3 is 2.23 bits per heavy atom. The minimum absolute atomic E-state index is 0.00214. The van der Waals surface area contributed by atoms with Crippen molar-refractivity contribution in [2.75, 3.05) is 0 Å². The van der Waals surface area contributed by atoms with Crippen molar-refractivity contribution in [3.8, 4) is 0 Å². The van der Waals surface area contributed by atoms with Crippen LogP contribution in [0.5, 0.6) is 0 Å². The first kappa shape index (κ1) is 20.7. The summed E-state index contributed by atoms with van der Waals surface area (Å²) >= 11 is 13.5. The minimum atomic E-state index is -0.497. The van der Waals surface area contributed by atoms with Gasteiger partial charge in [0.05, 0.1) is 10.6 Å². The summed E-state index contributed by atoms with van der Waals surface area (Å²) in [4.78, 5) is 13.3. The van der Waals surface area contributed by atoms with E-state index < -0.39 is 5.25 Å². The van der Waals surface area contributed by atoms with Crippen LogP contribution < -0.4 is 4.73 Å². The number of carbonyl (C=O) groups excluding carboxylic acids is 1. The maximum Gasteiger partial charge on any atom is 0.292 e. The second-order valence-electron chi connectivity index (χ2n) is 6.91. The number of carbonyl (C=O) groups is 1. The van der Waals surface area contributed by atoms with E-state index in [0.29, 0.717) is 15.1 Å². The van der Waals surface area contributed by atoms with E-state index in [-0.39, 0.29) is 12.2 Å². The number of ketones is 1.